The smallest absolute Gasteiger partial charge is 0.411 e. The molecule has 9 rings (SSSR count). The van der Waals surface area contributed by atoms with E-state index in [9.17, 15) is 14.4 Å². The summed E-state index contributed by atoms with van der Waals surface area (Å²) in [5.74, 6) is 1.45. The second-order valence-electron chi connectivity index (χ2n) is 20.5. The first-order chi connectivity index (χ1) is 27.9. The number of aromatic nitrogens is 2. The minimum atomic E-state index is -0.637. The SMILES string of the molecule is CC(C)(C)OC(=O)N1[C@H](c2nc3ccc(-c4ccc5c(c4)C(C)(C)c4cc(NC(=O)[C@@H]6C[C@@H]7CCCC[C@@H]7N6C(=O)OC(C)(C)C)ccc4-5)cc3[nH]2)CC2CCCC[C@@H]21. The third-order valence-corrected chi connectivity index (χ3v) is 13.8. The van der Waals surface area contributed by atoms with E-state index in [1.165, 1.54) is 17.5 Å². The number of hydrogen-bond donors (Lipinski definition) is 2. The van der Waals surface area contributed by atoms with Gasteiger partial charge in [0, 0.05) is 23.2 Å². The van der Waals surface area contributed by atoms with Crippen molar-refractivity contribution in [2.75, 3.05) is 5.32 Å². The summed E-state index contributed by atoms with van der Waals surface area (Å²) in [6, 6.07) is 18.8. The van der Waals surface area contributed by atoms with Gasteiger partial charge in [0.25, 0.3) is 0 Å². The number of rotatable bonds is 4. The van der Waals surface area contributed by atoms with E-state index in [0.717, 1.165) is 96.2 Å². The van der Waals surface area contributed by atoms with Crippen LogP contribution < -0.4 is 5.32 Å². The first kappa shape index (κ1) is 39.6. The van der Waals surface area contributed by atoms with Gasteiger partial charge >= 0.3 is 12.2 Å². The molecule has 59 heavy (non-hydrogen) atoms. The van der Waals surface area contributed by atoms with Gasteiger partial charge in [-0.1, -0.05) is 63.8 Å². The molecule has 3 heterocycles. The molecule has 10 heteroatoms. The second kappa shape index (κ2) is 14.4. The summed E-state index contributed by atoms with van der Waals surface area (Å²) < 4.78 is 11.8. The lowest BCUT2D eigenvalue weighted by Crippen LogP contribution is -2.49. The minimum Gasteiger partial charge on any atom is -0.444 e. The molecule has 5 aliphatic rings. The number of benzene rings is 3. The van der Waals surface area contributed by atoms with Crippen molar-refractivity contribution in [2.24, 2.45) is 11.8 Å². The maximum atomic E-state index is 14.1. The zero-order valence-corrected chi connectivity index (χ0v) is 36.1. The highest BCUT2D eigenvalue weighted by molar-refractivity contribution is 5.98. The van der Waals surface area contributed by atoms with E-state index < -0.39 is 23.3 Å². The third-order valence-electron chi connectivity index (χ3n) is 13.8. The molecule has 3 aromatic carbocycles. The van der Waals surface area contributed by atoms with Crippen LogP contribution in [0, 0.1) is 11.8 Å². The number of ether oxygens (including phenoxy) is 2. The fourth-order valence-corrected chi connectivity index (χ4v) is 11.1. The number of carbonyl (C=O) groups is 3. The van der Waals surface area contributed by atoms with Crippen molar-refractivity contribution in [1.82, 2.24) is 19.8 Å². The average molecular weight is 800 g/mol. The topological polar surface area (TPSA) is 117 Å². The first-order valence-corrected chi connectivity index (χ1v) is 22.1. The summed E-state index contributed by atoms with van der Waals surface area (Å²) in [6.07, 6.45) is 9.55. The van der Waals surface area contributed by atoms with Crippen molar-refractivity contribution >= 4 is 34.8 Å². The maximum absolute atomic E-state index is 14.1. The number of anilines is 1. The number of likely N-dealkylation sites (tertiary alicyclic amines) is 2. The standard InChI is InChI=1S/C49H61N5O5/c1-47(2,3)58-45(56)53-39-15-11-9-13-30(39)25-41(53)43-51-37-22-18-29(24-38(37)52-43)28-17-20-33-34-21-19-32(27-36(34)49(7,8)35(33)23-28)50-44(55)42-26-31-14-10-12-16-40(31)54(42)46(57)59-48(4,5)6/h17-24,27,30-31,39-42H,9-16,25-26H2,1-8H3,(H,50,55)(H,51,52)/t30?,31-,39-,40-,41-,42-/m0/s1. The molecule has 2 N–H and O–H groups in total. The molecule has 0 spiro atoms. The largest absolute Gasteiger partial charge is 0.444 e. The molecule has 1 aromatic heterocycles. The maximum Gasteiger partial charge on any atom is 0.411 e. The summed E-state index contributed by atoms with van der Waals surface area (Å²) in [7, 11) is 0. The Hall–Kier alpha value is -4.86. The Labute approximate surface area is 348 Å². The minimum absolute atomic E-state index is 0.0409. The van der Waals surface area contributed by atoms with Gasteiger partial charge in [0.05, 0.1) is 17.1 Å². The number of fused-ring (bicyclic) bond motifs is 6. The van der Waals surface area contributed by atoms with Crippen molar-refractivity contribution in [3.63, 3.8) is 0 Å². The molecule has 3 aliphatic carbocycles. The Morgan fingerprint density at radius 3 is 1.95 bits per heavy atom. The molecule has 2 saturated carbocycles. The number of hydrogen-bond acceptors (Lipinski definition) is 6. The zero-order valence-electron chi connectivity index (χ0n) is 36.1. The summed E-state index contributed by atoms with van der Waals surface area (Å²) in [5, 5.41) is 3.22. The van der Waals surface area contributed by atoms with Gasteiger partial charge in [-0.3, -0.25) is 14.6 Å². The molecule has 10 nitrogen and oxygen atoms in total. The van der Waals surface area contributed by atoms with Crippen molar-refractivity contribution < 1.29 is 23.9 Å². The first-order valence-electron chi connectivity index (χ1n) is 22.1. The lowest BCUT2D eigenvalue weighted by molar-refractivity contribution is -0.120. The third kappa shape index (κ3) is 7.28. The zero-order chi connectivity index (χ0) is 41.6. The summed E-state index contributed by atoms with van der Waals surface area (Å²) in [6.45, 7) is 15.9. The van der Waals surface area contributed by atoms with Crippen molar-refractivity contribution in [2.45, 2.75) is 160 Å². The van der Waals surface area contributed by atoms with E-state index in [1.807, 2.05) is 52.5 Å². The molecule has 4 aromatic rings. The predicted octanol–water partition coefficient (Wildman–Crippen LogP) is 11.3. The van der Waals surface area contributed by atoms with Gasteiger partial charge in [0.1, 0.15) is 23.1 Å². The monoisotopic (exact) mass is 799 g/mol. The van der Waals surface area contributed by atoms with Crippen molar-refractivity contribution in [1.29, 1.82) is 0 Å². The number of nitrogens with one attached hydrogen (secondary N) is 2. The average Bonchev–Trinajstić information content (AvgIpc) is 3.93. The lowest BCUT2D eigenvalue weighted by Gasteiger charge is -2.34. The highest BCUT2D eigenvalue weighted by Gasteiger charge is 2.50. The van der Waals surface area contributed by atoms with Gasteiger partial charge < -0.3 is 19.8 Å². The molecule has 0 bridgehead atoms. The molecular weight excluding hydrogens is 739 g/mol. The fraction of sp³-hybridized carbons (Fsp3) is 0.551. The number of amides is 3. The molecule has 2 saturated heterocycles. The molecule has 3 amide bonds. The van der Waals surface area contributed by atoms with E-state index >= 15 is 0 Å². The Morgan fingerprint density at radius 1 is 0.712 bits per heavy atom. The van der Waals surface area contributed by atoms with Gasteiger partial charge in [0.2, 0.25) is 5.91 Å². The van der Waals surface area contributed by atoms with E-state index in [1.54, 1.807) is 4.90 Å². The number of carbonyl (C=O) groups excluding carboxylic acids is 3. The molecular formula is C49H61N5O5. The Bertz CT molecular complexity index is 2310. The van der Waals surface area contributed by atoms with Crippen LogP contribution in [0.5, 0.6) is 0 Å². The van der Waals surface area contributed by atoms with Crippen LogP contribution in [0.25, 0.3) is 33.3 Å². The highest BCUT2D eigenvalue weighted by atomic mass is 16.6. The number of imidazole rings is 1. The van der Waals surface area contributed by atoms with Crippen LogP contribution in [0.1, 0.15) is 143 Å². The molecule has 312 valence electrons. The molecule has 4 fully saturated rings. The van der Waals surface area contributed by atoms with E-state index in [-0.39, 0.29) is 35.5 Å². The van der Waals surface area contributed by atoms with Gasteiger partial charge in [0.15, 0.2) is 0 Å². The van der Waals surface area contributed by atoms with Gasteiger partial charge in [-0.25, -0.2) is 14.6 Å². The normalized spacial score (nSPS) is 25.9. The number of aromatic amines is 1. The quantitative estimate of drug-likeness (QED) is 0.212. The second-order valence-corrected chi connectivity index (χ2v) is 20.5. The van der Waals surface area contributed by atoms with Crippen LogP contribution in [0.2, 0.25) is 0 Å². The molecule has 6 atom stereocenters. The van der Waals surface area contributed by atoms with Crippen molar-refractivity contribution in [3.8, 4) is 22.3 Å². The van der Waals surface area contributed by atoms with Crippen LogP contribution in [0.15, 0.2) is 54.6 Å². The van der Waals surface area contributed by atoms with Crippen molar-refractivity contribution in [3.05, 3.63) is 71.5 Å². The number of H-pyrrole nitrogens is 1. The van der Waals surface area contributed by atoms with Crippen LogP contribution >= 0.6 is 0 Å². The Kier molecular flexibility index (Phi) is 9.67. The summed E-state index contributed by atoms with van der Waals surface area (Å²) >= 11 is 0. The lowest BCUT2D eigenvalue weighted by atomic mass is 9.81. The summed E-state index contributed by atoms with van der Waals surface area (Å²) in [4.78, 5) is 53.7. The van der Waals surface area contributed by atoms with Crippen LogP contribution in [-0.4, -0.2) is 67.2 Å². The molecule has 0 radical (unpaired) electrons. The van der Waals surface area contributed by atoms with Gasteiger partial charge in [-0.2, -0.15) is 0 Å². The van der Waals surface area contributed by atoms with E-state index in [0.29, 0.717) is 18.3 Å². The predicted molar refractivity (Wildman–Crippen MR) is 231 cm³/mol. The van der Waals surface area contributed by atoms with E-state index in [2.05, 4.69) is 72.7 Å². The highest BCUT2D eigenvalue weighted by Crippen LogP contribution is 2.51. The molecule has 2 aliphatic heterocycles. The number of nitrogens with zero attached hydrogens (tertiary/aromatic N) is 3. The summed E-state index contributed by atoms with van der Waals surface area (Å²) in [5.41, 5.74) is 8.00. The van der Waals surface area contributed by atoms with Crippen LogP contribution in [-0.2, 0) is 19.7 Å². The van der Waals surface area contributed by atoms with Gasteiger partial charge in [-0.05, 0) is 156 Å². The van der Waals surface area contributed by atoms with Crippen LogP contribution in [0.4, 0.5) is 15.3 Å². The van der Waals surface area contributed by atoms with Crippen LogP contribution in [0.3, 0.4) is 0 Å². The van der Waals surface area contributed by atoms with Gasteiger partial charge in [-0.15, -0.1) is 0 Å². The molecule has 1 unspecified atom stereocenters. The Morgan fingerprint density at radius 2 is 1.27 bits per heavy atom. The van der Waals surface area contributed by atoms with E-state index in [4.69, 9.17) is 14.5 Å². The fourth-order valence-electron chi connectivity index (χ4n) is 11.1. The Balaban J connectivity index is 0.954.